The number of aliphatic carboxylic acids is 1. The van der Waals surface area contributed by atoms with Crippen molar-refractivity contribution in [2.45, 2.75) is 64.3 Å². The van der Waals surface area contributed by atoms with Crippen molar-refractivity contribution < 1.29 is 9.90 Å². The molecule has 0 amide bonds. The van der Waals surface area contributed by atoms with Crippen LogP contribution in [0.15, 0.2) is 0 Å². The number of nitrogens with one attached hydrogen (secondary N) is 1. The van der Waals surface area contributed by atoms with Gasteiger partial charge < -0.3 is 10.4 Å². The van der Waals surface area contributed by atoms with Gasteiger partial charge in [0.05, 0.1) is 5.69 Å². The van der Waals surface area contributed by atoms with Crippen molar-refractivity contribution in [3.8, 4) is 0 Å². The fourth-order valence-corrected chi connectivity index (χ4v) is 4.89. The number of aromatic nitrogens is 1. The van der Waals surface area contributed by atoms with Gasteiger partial charge in [0.1, 0.15) is 5.92 Å². The largest absolute Gasteiger partial charge is 0.481 e. The molecule has 1 heterocycles. The van der Waals surface area contributed by atoms with E-state index >= 15 is 0 Å². The number of carboxylic acids is 1. The molecule has 0 bridgehead atoms. The lowest BCUT2D eigenvalue weighted by atomic mass is 9.80. The molecular weight excluding hydrogens is 284 g/mol. The summed E-state index contributed by atoms with van der Waals surface area (Å²) in [6.07, 6.45) is 6.39. The molecule has 1 saturated carbocycles. The zero-order valence-corrected chi connectivity index (χ0v) is 13.6. The molecular formula is C16H24N2O2S. The first-order chi connectivity index (χ1) is 10.0. The van der Waals surface area contributed by atoms with Crippen LogP contribution in [0.1, 0.15) is 62.4 Å². The van der Waals surface area contributed by atoms with E-state index in [1.54, 1.807) is 11.3 Å². The summed E-state index contributed by atoms with van der Waals surface area (Å²) in [5.74, 6) is 0.348. The van der Waals surface area contributed by atoms with Gasteiger partial charge in [0.2, 0.25) is 0 Å². The van der Waals surface area contributed by atoms with Crippen LogP contribution in [0.25, 0.3) is 0 Å². The van der Waals surface area contributed by atoms with Crippen molar-refractivity contribution in [1.29, 1.82) is 0 Å². The Morgan fingerprint density at radius 2 is 2.14 bits per heavy atom. The van der Waals surface area contributed by atoms with Crippen molar-refractivity contribution >= 4 is 22.4 Å². The Kier molecular flexibility index (Phi) is 4.20. The third-order valence-electron chi connectivity index (χ3n) is 4.99. The highest BCUT2D eigenvalue weighted by Gasteiger charge is 2.31. The molecule has 5 heteroatoms. The second-order valence-corrected chi connectivity index (χ2v) is 7.84. The smallest absolute Gasteiger partial charge is 0.312 e. The monoisotopic (exact) mass is 308 g/mol. The first-order valence-corrected chi connectivity index (χ1v) is 8.85. The molecule has 1 aromatic heterocycles. The highest BCUT2D eigenvalue weighted by atomic mass is 32.1. The number of rotatable bonds is 3. The van der Waals surface area contributed by atoms with Crippen LogP contribution in [0.4, 0.5) is 5.13 Å². The van der Waals surface area contributed by atoms with Gasteiger partial charge >= 0.3 is 5.97 Å². The maximum atomic E-state index is 11.3. The maximum Gasteiger partial charge on any atom is 0.312 e. The Hall–Kier alpha value is -1.10. The lowest BCUT2D eigenvalue weighted by Gasteiger charge is -2.33. The van der Waals surface area contributed by atoms with Gasteiger partial charge in [-0.05, 0) is 50.4 Å². The molecule has 0 saturated heterocycles. The van der Waals surface area contributed by atoms with Crippen LogP contribution >= 0.6 is 11.3 Å². The molecule has 116 valence electrons. The van der Waals surface area contributed by atoms with Crippen molar-refractivity contribution in [1.82, 2.24) is 4.98 Å². The van der Waals surface area contributed by atoms with Gasteiger partial charge in [0.25, 0.3) is 0 Å². The standard InChI is InChI=1S/C16H24N2O2S/c1-9-6-7-12(10(2)8-9)17-16-18-14-11(15(19)20)4-3-5-13(14)21-16/h9-12H,3-8H2,1-2H3,(H,17,18)(H,19,20). The molecule has 4 unspecified atom stereocenters. The number of fused-ring (bicyclic) bond motifs is 1. The minimum Gasteiger partial charge on any atom is -0.481 e. The number of thiazole rings is 1. The molecule has 2 aliphatic rings. The van der Waals surface area contributed by atoms with Crippen LogP contribution in [0, 0.1) is 11.8 Å². The van der Waals surface area contributed by atoms with Gasteiger partial charge in [-0.15, -0.1) is 11.3 Å². The Balaban J connectivity index is 1.74. The molecule has 2 aliphatic carbocycles. The summed E-state index contributed by atoms with van der Waals surface area (Å²) in [7, 11) is 0. The number of nitrogens with zero attached hydrogens (tertiary/aromatic N) is 1. The highest BCUT2D eigenvalue weighted by molar-refractivity contribution is 7.15. The molecule has 0 aromatic carbocycles. The van der Waals surface area contributed by atoms with Gasteiger partial charge in [-0.25, -0.2) is 4.98 Å². The molecule has 0 spiro atoms. The van der Waals surface area contributed by atoms with Crippen molar-refractivity contribution in [3.05, 3.63) is 10.6 Å². The first kappa shape index (κ1) is 14.8. The van der Waals surface area contributed by atoms with E-state index < -0.39 is 11.9 Å². The van der Waals surface area contributed by atoms with E-state index in [1.807, 2.05) is 0 Å². The molecule has 4 atom stereocenters. The zero-order valence-electron chi connectivity index (χ0n) is 12.8. The molecule has 3 rings (SSSR count). The normalized spacial score (nSPS) is 32.5. The van der Waals surface area contributed by atoms with Crippen LogP contribution in [-0.4, -0.2) is 22.1 Å². The van der Waals surface area contributed by atoms with Gasteiger partial charge in [-0.1, -0.05) is 13.8 Å². The summed E-state index contributed by atoms with van der Waals surface area (Å²) in [5.41, 5.74) is 0.818. The van der Waals surface area contributed by atoms with E-state index in [9.17, 15) is 9.90 Å². The Labute approximate surface area is 130 Å². The molecule has 4 nitrogen and oxygen atoms in total. The second kappa shape index (κ2) is 5.95. The van der Waals surface area contributed by atoms with E-state index in [0.29, 0.717) is 12.0 Å². The van der Waals surface area contributed by atoms with Crippen LogP contribution in [-0.2, 0) is 11.2 Å². The average molecular weight is 308 g/mol. The summed E-state index contributed by atoms with van der Waals surface area (Å²) in [6, 6.07) is 0.483. The number of aryl methyl sites for hydroxylation is 1. The van der Waals surface area contributed by atoms with Crippen LogP contribution in [0.2, 0.25) is 0 Å². The fourth-order valence-electron chi connectivity index (χ4n) is 3.76. The van der Waals surface area contributed by atoms with Gasteiger partial charge in [-0.3, -0.25) is 4.79 Å². The zero-order chi connectivity index (χ0) is 15.0. The lowest BCUT2D eigenvalue weighted by molar-refractivity contribution is -0.139. The molecule has 1 aromatic rings. The topological polar surface area (TPSA) is 62.2 Å². The number of carboxylic acid groups (broad SMARTS) is 1. The second-order valence-electron chi connectivity index (χ2n) is 6.76. The van der Waals surface area contributed by atoms with Crippen LogP contribution in [0.3, 0.4) is 0 Å². The Morgan fingerprint density at radius 3 is 2.86 bits per heavy atom. The van der Waals surface area contributed by atoms with Gasteiger partial charge in [0, 0.05) is 10.9 Å². The third-order valence-corrected chi connectivity index (χ3v) is 6.05. The summed E-state index contributed by atoms with van der Waals surface area (Å²) < 4.78 is 0. The van der Waals surface area contributed by atoms with Crippen molar-refractivity contribution in [2.75, 3.05) is 5.32 Å². The van der Waals surface area contributed by atoms with Crippen molar-refractivity contribution in [2.24, 2.45) is 11.8 Å². The number of anilines is 1. The van der Waals surface area contributed by atoms with E-state index in [2.05, 4.69) is 24.1 Å². The molecule has 21 heavy (non-hydrogen) atoms. The Bertz CT molecular complexity index is 528. The number of carbonyl (C=O) groups is 1. The van der Waals surface area contributed by atoms with Gasteiger partial charge in [0.15, 0.2) is 5.13 Å². The molecule has 0 radical (unpaired) electrons. The third kappa shape index (κ3) is 3.07. The summed E-state index contributed by atoms with van der Waals surface area (Å²) in [6.45, 7) is 4.63. The summed E-state index contributed by atoms with van der Waals surface area (Å²) in [5, 5.41) is 13.8. The van der Waals surface area contributed by atoms with Crippen molar-refractivity contribution in [3.63, 3.8) is 0 Å². The molecule has 0 aliphatic heterocycles. The highest BCUT2D eigenvalue weighted by Crippen LogP contribution is 2.38. The van der Waals surface area contributed by atoms with E-state index in [0.717, 1.165) is 36.0 Å². The molecule has 2 N–H and O–H groups in total. The van der Waals surface area contributed by atoms with Gasteiger partial charge in [-0.2, -0.15) is 0 Å². The molecule has 1 fully saturated rings. The fraction of sp³-hybridized carbons (Fsp3) is 0.750. The number of hydrogen-bond acceptors (Lipinski definition) is 4. The van der Waals surface area contributed by atoms with Crippen LogP contribution < -0.4 is 5.32 Å². The Morgan fingerprint density at radius 1 is 1.33 bits per heavy atom. The first-order valence-electron chi connectivity index (χ1n) is 8.03. The minimum atomic E-state index is -0.729. The van der Waals surface area contributed by atoms with E-state index in [-0.39, 0.29) is 0 Å². The van der Waals surface area contributed by atoms with E-state index in [1.165, 1.54) is 24.1 Å². The predicted octanol–water partition coefficient (Wildman–Crippen LogP) is 3.88. The summed E-state index contributed by atoms with van der Waals surface area (Å²) in [4.78, 5) is 17.2. The average Bonchev–Trinajstić information content (AvgIpc) is 2.83. The lowest BCUT2D eigenvalue weighted by Crippen LogP contribution is -2.32. The number of hydrogen-bond donors (Lipinski definition) is 2. The SMILES string of the molecule is CC1CCC(Nc2nc3c(s2)CCCC3C(=O)O)C(C)C1. The van der Waals surface area contributed by atoms with Crippen LogP contribution in [0.5, 0.6) is 0 Å². The minimum absolute atomic E-state index is 0.399. The summed E-state index contributed by atoms with van der Waals surface area (Å²) >= 11 is 1.67. The van der Waals surface area contributed by atoms with E-state index in [4.69, 9.17) is 0 Å². The predicted molar refractivity (Wildman–Crippen MR) is 85.0 cm³/mol. The quantitative estimate of drug-likeness (QED) is 0.889. The maximum absolute atomic E-state index is 11.3.